The maximum absolute atomic E-state index is 12.7. The average molecular weight is 141 g/mol. The van der Waals surface area contributed by atoms with Crippen LogP contribution < -0.4 is 5.32 Å². The SMILES string of the molecule is Fc1ncc2n1CCNC2. The van der Waals surface area contributed by atoms with E-state index in [-0.39, 0.29) is 6.08 Å². The molecule has 0 fully saturated rings. The lowest BCUT2D eigenvalue weighted by molar-refractivity contribution is 0.419. The number of nitrogens with one attached hydrogen (secondary N) is 1. The second kappa shape index (κ2) is 2.05. The Bertz CT molecular complexity index is 243. The van der Waals surface area contributed by atoms with Crippen molar-refractivity contribution in [2.24, 2.45) is 0 Å². The summed E-state index contributed by atoms with van der Waals surface area (Å²) in [5, 5.41) is 3.13. The number of fused-ring (bicyclic) bond motifs is 1. The maximum atomic E-state index is 12.7. The Morgan fingerprint density at radius 1 is 1.70 bits per heavy atom. The summed E-state index contributed by atoms with van der Waals surface area (Å²) in [7, 11) is 0. The minimum Gasteiger partial charge on any atom is -0.309 e. The molecule has 0 saturated carbocycles. The van der Waals surface area contributed by atoms with E-state index < -0.39 is 0 Å². The van der Waals surface area contributed by atoms with Crippen LogP contribution in [0.25, 0.3) is 0 Å². The quantitative estimate of drug-likeness (QED) is 0.556. The van der Waals surface area contributed by atoms with Crippen LogP contribution in [0, 0.1) is 6.08 Å². The van der Waals surface area contributed by atoms with Crippen molar-refractivity contribution in [3.05, 3.63) is 18.0 Å². The van der Waals surface area contributed by atoms with Crippen LogP contribution in [0.2, 0.25) is 0 Å². The smallest absolute Gasteiger partial charge is 0.289 e. The second-order valence-electron chi connectivity index (χ2n) is 2.35. The predicted octanol–water partition coefficient (Wildman–Crippen LogP) is 0.125. The van der Waals surface area contributed by atoms with Crippen molar-refractivity contribution < 1.29 is 4.39 Å². The van der Waals surface area contributed by atoms with Crippen molar-refractivity contribution in [3.8, 4) is 0 Å². The van der Waals surface area contributed by atoms with E-state index in [0.29, 0.717) is 6.54 Å². The Kier molecular flexibility index (Phi) is 1.20. The molecule has 4 heteroatoms. The zero-order valence-corrected chi connectivity index (χ0v) is 5.47. The van der Waals surface area contributed by atoms with Crippen LogP contribution in [-0.4, -0.2) is 16.1 Å². The molecule has 0 saturated heterocycles. The molecule has 1 aromatic rings. The van der Waals surface area contributed by atoms with Crippen LogP contribution in [0.1, 0.15) is 5.69 Å². The van der Waals surface area contributed by atoms with E-state index in [2.05, 4.69) is 10.3 Å². The molecule has 0 unspecified atom stereocenters. The van der Waals surface area contributed by atoms with Gasteiger partial charge in [0.15, 0.2) is 0 Å². The van der Waals surface area contributed by atoms with Gasteiger partial charge in [-0.25, -0.2) is 4.98 Å². The molecule has 1 aromatic heterocycles. The molecule has 0 amide bonds. The number of hydrogen-bond acceptors (Lipinski definition) is 2. The van der Waals surface area contributed by atoms with Crippen molar-refractivity contribution in [3.63, 3.8) is 0 Å². The molecule has 2 rings (SSSR count). The summed E-state index contributed by atoms with van der Waals surface area (Å²) in [4.78, 5) is 3.55. The van der Waals surface area contributed by atoms with Crippen LogP contribution >= 0.6 is 0 Å². The monoisotopic (exact) mass is 141 g/mol. The summed E-state index contributed by atoms with van der Waals surface area (Å²) in [6, 6.07) is 0. The third-order valence-corrected chi connectivity index (χ3v) is 1.71. The molecular formula is C6H8FN3. The molecule has 0 atom stereocenters. The van der Waals surface area contributed by atoms with E-state index in [1.54, 1.807) is 10.8 Å². The molecule has 0 bridgehead atoms. The highest BCUT2D eigenvalue weighted by molar-refractivity contribution is 5.01. The lowest BCUT2D eigenvalue weighted by atomic mass is 10.4. The molecule has 0 aromatic carbocycles. The summed E-state index contributed by atoms with van der Waals surface area (Å²) in [6.45, 7) is 2.26. The molecule has 54 valence electrons. The van der Waals surface area contributed by atoms with Crippen LogP contribution in [0.3, 0.4) is 0 Å². The third kappa shape index (κ3) is 0.724. The first-order chi connectivity index (χ1) is 4.88. The third-order valence-electron chi connectivity index (χ3n) is 1.71. The Morgan fingerprint density at radius 2 is 2.60 bits per heavy atom. The Labute approximate surface area is 57.9 Å². The van der Waals surface area contributed by atoms with E-state index in [1.807, 2.05) is 0 Å². The standard InChI is InChI=1S/C6H8FN3/c7-6-9-4-5-3-8-1-2-10(5)6/h4,8H,1-3H2. The number of halogens is 1. The number of hydrogen-bond donors (Lipinski definition) is 1. The van der Waals surface area contributed by atoms with Crippen LogP contribution in [0.5, 0.6) is 0 Å². The summed E-state index contributed by atoms with van der Waals surface area (Å²) in [5.74, 6) is 0. The first kappa shape index (κ1) is 5.85. The molecule has 1 aliphatic heterocycles. The molecule has 3 nitrogen and oxygen atoms in total. The van der Waals surface area contributed by atoms with Gasteiger partial charge < -0.3 is 9.88 Å². The zero-order chi connectivity index (χ0) is 6.97. The Hall–Kier alpha value is -0.900. The van der Waals surface area contributed by atoms with E-state index in [9.17, 15) is 4.39 Å². The lowest BCUT2D eigenvalue weighted by Crippen LogP contribution is -2.28. The van der Waals surface area contributed by atoms with Crippen LogP contribution in [0.4, 0.5) is 4.39 Å². The van der Waals surface area contributed by atoms with Gasteiger partial charge in [0.05, 0.1) is 11.9 Å². The molecule has 1 aliphatic rings. The van der Waals surface area contributed by atoms with Gasteiger partial charge in [-0.3, -0.25) is 0 Å². The van der Waals surface area contributed by atoms with Crippen molar-refractivity contribution in [1.29, 1.82) is 0 Å². The summed E-state index contributed by atoms with van der Waals surface area (Å²) in [6.07, 6.45) is 1.21. The number of imidazole rings is 1. The summed E-state index contributed by atoms with van der Waals surface area (Å²) < 4.78 is 14.2. The van der Waals surface area contributed by atoms with Gasteiger partial charge in [0.1, 0.15) is 0 Å². The molecule has 0 aliphatic carbocycles. The van der Waals surface area contributed by atoms with E-state index in [1.165, 1.54) is 0 Å². The fourth-order valence-corrected chi connectivity index (χ4v) is 1.17. The predicted molar refractivity (Wildman–Crippen MR) is 33.9 cm³/mol. The fourth-order valence-electron chi connectivity index (χ4n) is 1.17. The Morgan fingerprint density at radius 3 is 3.40 bits per heavy atom. The number of aromatic nitrogens is 2. The van der Waals surface area contributed by atoms with Crippen LogP contribution in [0.15, 0.2) is 6.20 Å². The highest BCUT2D eigenvalue weighted by Crippen LogP contribution is 2.06. The van der Waals surface area contributed by atoms with E-state index in [0.717, 1.165) is 18.8 Å². The van der Waals surface area contributed by atoms with Gasteiger partial charge >= 0.3 is 0 Å². The average Bonchev–Trinajstić information content (AvgIpc) is 2.34. The summed E-state index contributed by atoms with van der Waals surface area (Å²) in [5.41, 5.74) is 0.934. The second-order valence-corrected chi connectivity index (χ2v) is 2.35. The minimum absolute atomic E-state index is 0.364. The topological polar surface area (TPSA) is 29.9 Å². The van der Waals surface area contributed by atoms with Gasteiger partial charge in [0.25, 0.3) is 6.08 Å². The minimum atomic E-state index is -0.364. The molecule has 2 heterocycles. The fraction of sp³-hybridized carbons (Fsp3) is 0.500. The molecule has 0 spiro atoms. The van der Waals surface area contributed by atoms with Gasteiger partial charge in [-0.2, -0.15) is 4.39 Å². The lowest BCUT2D eigenvalue weighted by Gasteiger charge is -2.14. The van der Waals surface area contributed by atoms with Gasteiger partial charge in [-0.05, 0) is 0 Å². The van der Waals surface area contributed by atoms with Gasteiger partial charge in [-0.15, -0.1) is 0 Å². The highest BCUT2D eigenvalue weighted by Gasteiger charge is 2.11. The zero-order valence-electron chi connectivity index (χ0n) is 5.47. The molecule has 10 heavy (non-hydrogen) atoms. The number of nitrogens with zero attached hydrogens (tertiary/aromatic N) is 2. The van der Waals surface area contributed by atoms with Crippen LogP contribution in [-0.2, 0) is 13.1 Å². The normalized spacial score (nSPS) is 16.9. The first-order valence-electron chi connectivity index (χ1n) is 3.28. The van der Waals surface area contributed by atoms with Gasteiger partial charge in [0.2, 0.25) is 0 Å². The Balaban J connectivity index is 2.45. The van der Waals surface area contributed by atoms with Crippen molar-refractivity contribution in [2.75, 3.05) is 6.54 Å². The van der Waals surface area contributed by atoms with Crippen molar-refractivity contribution in [1.82, 2.24) is 14.9 Å². The maximum Gasteiger partial charge on any atom is 0.289 e. The van der Waals surface area contributed by atoms with Crippen molar-refractivity contribution in [2.45, 2.75) is 13.1 Å². The van der Waals surface area contributed by atoms with E-state index in [4.69, 9.17) is 0 Å². The van der Waals surface area contributed by atoms with Gasteiger partial charge in [0, 0.05) is 19.6 Å². The first-order valence-corrected chi connectivity index (χ1v) is 3.28. The largest absolute Gasteiger partial charge is 0.309 e. The number of rotatable bonds is 0. The molecular weight excluding hydrogens is 133 g/mol. The highest BCUT2D eigenvalue weighted by atomic mass is 19.1. The molecule has 1 N–H and O–H groups in total. The van der Waals surface area contributed by atoms with E-state index >= 15 is 0 Å². The summed E-state index contributed by atoms with van der Waals surface area (Å²) >= 11 is 0. The molecule has 0 radical (unpaired) electrons. The van der Waals surface area contributed by atoms with Crippen molar-refractivity contribution >= 4 is 0 Å². The van der Waals surface area contributed by atoms with Gasteiger partial charge in [-0.1, -0.05) is 0 Å².